The minimum Gasteiger partial charge on any atom is -0.497 e. The normalized spacial score (nSPS) is 11.2. The summed E-state index contributed by atoms with van der Waals surface area (Å²) in [6.07, 6.45) is 2.89. The number of H-pyrrole nitrogens is 1. The minimum atomic E-state index is 0.849. The Morgan fingerprint density at radius 1 is 1.24 bits per heavy atom. The first-order valence-corrected chi connectivity index (χ1v) is 5.77. The summed E-state index contributed by atoms with van der Waals surface area (Å²) in [6.45, 7) is 2.12. The van der Waals surface area contributed by atoms with E-state index >= 15 is 0 Å². The molecule has 3 aromatic rings. The number of methoxy groups -OCH3 is 1. The van der Waals surface area contributed by atoms with Crippen LogP contribution in [0.5, 0.6) is 5.75 Å². The van der Waals surface area contributed by atoms with E-state index in [2.05, 4.69) is 24.0 Å². The standard InChI is InChI=1S/C14H14N2O/c1-3-12-14-11(6-7-15-14)10-5-4-9(17-2)8-13(10)16-12/h4-8,15H,3H2,1-2H3. The molecule has 0 amide bonds. The molecule has 0 saturated carbocycles. The first kappa shape index (κ1) is 10.1. The second-order valence-corrected chi connectivity index (χ2v) is 4.06. The van der Waals surface area contributed by atoms with Gasteiger partial charge in [0.25, 0.3) is 0 Å². The topological polar surface area (TPSA) is 37.9 Å². The van der Waals surface area contributed by atoms with Gasteiger partial charge in [-0.1, -0.05) is 6.92 Å². The predicted octanol–water partition coefficient (Wildman–Crippen LogP) is 3.29. The molecule has 86 valence electrons. The van der Waals surface area contributed by atoms with Gasteiger partial charge in [0, 0.05) is 23.0 Å². The smallest absolute Gasteiger partial charge is 0.121 e. The van der Waals surface area contributed by atoms with Gasteiger partial charge in [0.1, 0.15) is 5.75 Å². The molecule has 3 nitrogen and oxygen atoms in total. The van der Waals surface area contributed by atoms with Crippen LogP contribution in [-0.4, -0.2) is 17.1 Å². The van der Waals surface area contributed by atoms with E-state index < -0.39 is 0 Å². The molecule has 2 aromatic heterocycles. The molecule has 2 heterocycles. The van der Waals surface area contributed by atoms with Crippen molar-refractivity contribution in [1.29, 1.82) is 0 Å². The SMILES string of the molecule is CCc1nc2cc(OC)ccc2c2cc[nH]c12. The third-order valence-corrected chi connectivity index (χ3v) is 3.12. The molecule has 1 aromatic carbocycles. The van der Waals surface area contributed by atoms with Crippen LogP contribution in [-0.2, 0) is 6.42 Å². The van der Waals surface area contributed by atoms with Gasteiger partial charge in [-0.05, 0) is 24.6 Å². The van der Waals surface area contributed by atoms with Crippen molar-refractivity contribution in [2.45, 2.75) is 13.3 Å². The Hall–Kier alpha value is -2.03. The molecule has 0 bridgehead atoms. The van der Waals surface area contributed by atoms with Gasteiger partial charge in [-0.3, -0.25) is 4.98 Å². The Balaban J connectivity index is 2.44. The van der Waals surface area contributed by atoms with Crippen LogP contribution in [0.3, 0.4) is 0 Å². The maximum atomic E-state index is 5.24. The molecule has 0 radical (unpaired) electrons. The quantitative estimate of drug-likeness (QED) is 0.728. The summed E-state index contributed by atoms with van der Waals surface area (Å²) in [5, 5.41) is 2.40. The van der Waals surface area contributed by atoms with Crippen molar-refractivity contribution in [2.24, 2.45) is 0 Å². The molecular formula is C14H14N2O. The zero-order valence-corrected chi connectivity index (χ0v) is 9.95. The summed E-state index contributed by atoms with van der Waals surface area (Å²) >= 11 is 0. The van der Waals surface area contributed by atoms with Crippen molar-refractivity contribution in [2.75, 3.05) is 7.11 Å². The number of hydrogen-bond donors (Lipinski definition) is 1. The average Bonchev–Trinajstić information content (AvgIpc) is 2.86. The molecule has 0 atom stereocenters. The highest BCUT2D eigenvalue weighted by Gasteiger charge is 2.08. The Kier molecular flexibility index (Phi) is 2.25. The van der Waals surface area contributed by atoms with Gasteiger partial charge < -0.3 is 9.72 Å². The number of rotatable bonds is 2. The zero-order valence-electron chi connectivity index (χ0n) is 9.95. The van der Waals surface area contributed by atoms with Crippen molar-refractivity contribution < 1.29 is 4.74 Å². The fourth-order valence-electron chi connectivity index (χ4n) is 2.25. The third-order valence-electron chi connectivity index (χ3n) is 3.12. The van der Waals surface area contributed by atoms with Crippen LogP contribution in [0.4, 0.5) is 0 Å². The Morgan fingerprint density at radius 2 is 2.12 bits per heavy atom. The van der Waals surface area contributed by atoms with E-state index in [4.69, 9.17) is 9.72 Å². The summed E-state index contributed by atoms with van der Waals surface area (Å²) in [5.41, 5.74) is 3.24. The number of aromatic amines is 1. The average molecular weight is 226 g/mol. The highest BCUT2D eigenvalue weighted by molar-refractivity contribution is 6.05. The number of hydrogen-bond acceptors (Lipinski definition) is 2. The van der Waals surface area contributed by atoms with E-state index in [0.29, 0.717) is 0 Å². The molecule has 1 N–H and O–H groups in total. The lowest BCUT2D eigenvalue weighted by Gasteiger charge is -2.06. The number of nitrogens with one attached hydrogen (secondary N) is 1. The van der Waals surface area contributed by atoms with E-state index in [1.807, 2.05) is 18.3 Å². The Labute approximate surface area is 99.4 Å². The van der Waals surface area contributed by atoms with Gasteiger partial charge in [0.15, 0.2) is 0 Å². The van der Waals surface area contributed by atoms with Crippen molar-refractivity contribution in [3.05, 3.63) is 36.2 Å². The number of aromatic nitrogens is 2. The first-order chi connectivity index (χ1) is 8.33. The first-order valence-electron chi connectivity index (χ1n) is 5.77. The van der Waals surface area contributed by atoms with Crippen LogP contribution < -0.4 is 4.74 Å². The van der Waals surface area contributed by atoms with Crippen LogP contribution in [0.2, 0.25) is 0 Å². The number of benzene rings is 1. The van der Waals surface area contributed by atoms with Crippen LogP contribution >= 0.6 is 0 Å². The molecular weight excluding hydrogens is 212 g/mol. The van der Waals surface area contributed by atoms with Gasteiger partial charge in [0.05, 0.1) is 23.8 Å². The molecule has 0 aliphatic carbocycles. The lowest BCUT2D eigenvalue weighted by molar-refractivity contribution is 0.415. The summed E-state index contributed by atoms with van der Waals surface area (Å²) in [5.74, 6) is 0.849. The number of ether oxygens (including phenoxy) is 1. The second kappa shape index (κ2) is 3.77. The number of fused-ring (bicyclic) bond motifs is 3. The van der Waals surface area contributed by atoms with Crippen LogP contribution in [0, 0.1) is 0 Å². The highest BCUT2D eigenvalue weighted by atomic mass is 16.5. The molecule has 17 heavy (non-hydrogen) atoms. The van der Waals surface area contributed by atoms with E-state index in [1.54, 1.807) is 7.11 Å². The lowest BCUT2D eigenvalue weighted by Crippen LogP contribution is -1.92. The van der Waals surface area contributed by atoms with E-state index in [9.17, 15) is 0 Å². The number of aryl methyl sites for hydroxylation is 1. The molecule has 3 rings (SSSR count). The van der Waals surface area contributed by atoms with Crippen LogP contribution in [0.1, 0.15) is 12.6 Å². The monoisotopic (exact) mass is 226 g/mol. The van der Waals surface area contributed by atoms with Gasteiger partial charge >= 0.3 is 0 Å². The van der Waals surface area contributed by atoms with E-state index in [-0.39, 0.29) is 0 Å². The largest absolute Gasteiger partial charge is 0.497 e. The molecule has 0 aliphatic heterocycles. The maximum Gasteiger partial charge on any atom is 0.121 e. The van der Waals surface area contributed by atoms with Crippen LogP contribution in [0.25, 0.3) is 21.8 Å². The van der Waals surface area contributed by atoms with Crippen molar-refractivity contribution >= 4 is 21.8 Å². The van der Waals surface area contributed by atoms with E-state index in [0.717, 1.165) is 28.9 Å². The summed E-state index contributed by atoms with van der Waals surface area (Å²) < 4.78 is 5.24. The van der Waals surface area contributed by atoms with Crippen molar-refractivity contribution in [3.63, 3.8) is 0 Å². The van der Waals surface area contributed by atoms with Gasteiger partial charge in [-0.15, -0.1) is 0 Å². The molecule has 0 unspecified atom stereocenters. The highest BCUT2D eigenvalue weighted by Crippen LogP contribution is 2.28. The fraction of sp³-hybridized carbons (Fsp3) is 0.214. The summed E-state index contributed by atoms with van der Waals surface area (Å²) in [4.78, 5) is 7.96. The fourth-order valence-corrected chi connectivity index (χ4v) is 2.25. The zero-order chi connectivity index (χ0) is 11.8. The summed E-state index contributed by atoms with van der Waals surface area (Å²) in [7, 11) is 1.68. The van der Waals surface area contributed by atoms with Crippen LogP contribution in [0.15, 0.2) is 30.5 Å². The molecule has 3 heteroatoms. The van der Waals surface area contributed by atoms with E-state index in [1.165, 1.54) is 10.8 Å². The van der Waals surface area contributed by atoms with Crippen molar-refractivity contribution in [3.8, 4) is 5.75 Å². The second-order valence-electron chi connectivity index (χ2n) is 4.06. The number of pyridine rings is 1. The Morgan fingerprint density at radius 3 is 2.88 bits per heavy atom. The third kappa shape index (κ3) is 1.46. The maximum absolute atomic E-state index is 5.24. The van der Waals surface area contributed by atoms with Gasteiger partial charge in [0.2, 0.25) is 0 Å². The lowest BCUT2D eigenvalue weighted by atomic mass is 10.1. The van der Waals surface area contributed by atoms with Gasteiger partial charge in [-0.25, -0.2) is 0 Å². The minimum absolute atomic E-state index is 0.849. The number of nitrogens with zero attached hydrogens (tertiary/aromatic N) is 1. The summed E-state index contributed by atoms with van der Waals surface area (Å²) in [6, 6.07) is 8.13. The predicted molar refractivity (Wildman–Crippen MR) is 69.5 cm³/mol. The Bertz CT molecular complexity index is 685. The van der Waals surface area contributed by atoms with Crippen molar-refractivity contribution in [1.82, 2.24) is 9.97 Å². The molecule has 0 aliphatic rings. The molecule has 0 spiro atoms. The molecule has 0 fully saturated rings. The van der Waals surface area contributed by atoms with Gasteiger partial charge in [-0.2, -0.15) is 0 Å². The molecule has 0 saturated heterocycles.